The summed E-state index contributed by atoms with van der Waals surface area (Å²) in [6.45, 7) is 2.55. The minimum atomic E-state index is -0.128. The molecular weight excluding hydrogens is 390 g/mol. The Morgan fingerprint density at radius 3 is 2.45 bits per heavy atom. The van der Waals surface area contributed by atoms with E-state index in [1.54, 1.807) is 4.68 Å². The number of para-hydroxylation sites is 1. The number of aromatic amines is 1. The molecule has 154 valence electrons. The molecule has 31 heavy (non-hydrogen) atoms. The molecule has 1 aromatic heterocycles. The number of aromatic nitrogens is 2. The maximum absolute atomic E-state index is 13.4. The lowest BCUT2D eigenvalue weighted by Gasteiger charge is -2.04. The predicted molar refractivity (Wildman–Crippen MR) is 120 cm³/mol. The summed E-state index contributed by atoms with van der Waals surface area (Å²) in [7, 11) is 0. The summed E-state index contributed by atoms with van der Waals surface area (Å²) >= 11 is 0. The molecule has 0 unspecified atom stereocenters. The second-order valence-electron chi connectivity index (χ2n) is 7.29. The maximum atomic E-state index is 13.4. The second-order valence-corrected chi connectivity index (χ2v) is 7.29. The first-order valence-corrected chi connectivity index (χ1v) is 10.1. The van der Waals surface area contributed by atoms with Gasteiger partial charge in [0.05, 0.1) is 23.5 Å². The van der Waals surface area contributed by atoms with Crippen LogP contribution < -0.4 is 15.0 Å². The molecule has 6 nitrogen and oxygen atoms in total. The molecule has 1 aliphatic rings. The molecule has 0 bridgehead atoms. The number of benzene rings is 3. The molecular formula is C25H21N3O3. The minimum Gasteiger partial charge on any atom is -0.454 e. The zero-order chi connectivity index (χ0) is 21.2. The van der Waals surface area contributed by atoms with Crippen molar-refractivity contribution in [3.8, 4) is 28.4 Å². The Hall–Kier alpha value is -4.06. The van der Waals surface area contributed by atoms with Crippen LogP contribution >= 0.6 is 0 Å². The molecule has 4 aromatic rings. The number of hydrogen-bond donors (Lipinski definition) is 1. The molecule has 1 N–H and O–H groups in total. The van der Waals surface area contributed by atoms with E-state index in [-0.39, 0.29) is 12.4 Å². The fraction of sp³-hybridized carbons (Fsp3) is 0.120. The van der Waals surface area contributed by atoms with Crippen LogP contribution in [0.15, 0.2) is 88.6 Å². The van der Waals surface area contributed by atoms with Crippen molar-refractivity contribution in [2.24, 2.45) is 4.99 Å². The van der Waals surface area contributed by atoms with Crippen molar-refractivity contribution in [2.75, 3.05) is 6.79 Å². The van der Waals surface area contributed by atoms with Gasteiger partial charge >= 0.3 is 0 Å². The largest absolute Gasteiger partial charge is 0.454 e. The molecule has 0 amide bonds. The number of ether oxygens (including phenoxy) is 2. The molecule has 0 aliphatic carbocycles. The van der Waals surface area contributed by atoms with Gasteiger partial charge < -0.3 is 9.47 Å². The summed E-state index contributed by atoms with van der Waals surface area (Å²) in [6.07, 6.45) is 0. The van der Waals surface area contributed by atoms with Crippen molar-refractivity contribution in [3.63, 3.8) is 0 Å². The Labute approximate surface area is 179 Å². The average Bonchev–Trinajstić information content (AvgIpc) is 3.42. The number of hydrogen-bond acceptors (Lipinski definition) is 4. The van der Waals surface area contributed by atoms with E-state index in [9.17, 15) is 4.79 Å². The van der Waals surface area contributed by atoms with Crippen LogP contribution in [0.4, 0.5) is 0 Å². The van der Waals surface area contributed by atoms with Gasteiger partial charge in [0.15, 0.2) is 11.5 Å². The van der Waals surface area contributed by atoms with E-state index >= 15 is 0 Å². The van der Waals surface area contributed by atoms with Crippen LogP contribution in [0.2, 0.25) is 0 Å². The van der Waals surface area contributed by atoms with Gasteiger partial charge in [0.1, 0.15) is 0 Å². The van der Waals surface area contributed by atoms with Crippen molar-refractivity contribution in [1.29, 1.82) is 0 Å². The van der Waals surface area contributed by atoms with Crippen molar-refractivity contribution in [2.45, 2.75) is 13.5 Å². The fourth-order valence-electron chi connectivity index (χ4n) is 3.67. The van der Waals surface area contributed by atoms with Gasteiger partial charge in [-0.25, -0.2) is 4.68 Å². The van der Waals surface area contributed by atoms with Crippen molar-refractivity contribution >= 4 is 5.71 Å². The zero-order valence-corrected chi connectivity index (χ0v) is 17.0. The van der Waals surface area contributed by atoms with E-state index in [2.05, 4.69) is 5.10 Å². The van der Waals surface area contributed by atoms with E-state index in [4.69, 9.17) is 14.5 Å². The highest BCUT2D eigenvalue weighted by Crippen LogP contribution is 2.32. The van der Waals surface area contributed by atoms with Crippen LogP contribution in [-0.2, 0) is 6.54 Å². The lowest BCUT2D eigenvalue weighted by atomic mass is 10.1. The maximum Gasteiger partial charge on any atom is 0.280 e. The summed E-state index contributed by atoms with van der Waals surface area (Å²) in [5.74, 6) is 1.47. The molecule has 2 heterocycles. The molecule has 6 heteroatoms. The Balaban J connectivity index is 1.56. The topological polar surface area (TPSA) is 68.6 Å². The average molecular weight is 411 g/mol. The van der Waals surface area contributed by atoms with Crippen LogP contribution in [0.5, 0.6) is 11.5 Å². The number of nitrogens with one attached hydrogen (secondary N) is 1. The van der Waals surface area contributed by atoms with E-state index in [1.807, 2.05) is 85.8 Å². The molecule has 3 aromatic carbocycles. The predicted octanol–water partition coefficient (Wildman–Crippen LogP) is 4.57. The van der Waals surface area contributed by atoms with Crippen molar-refractivity contribution in [3.05, 3.63) is 100 Å². The Morgan fingerprint density at radius 2 is 1.68 bits per heavy atom. The van der Waals surface area contributed by atoms with Crippen molar-refractivity contribution < 1.29 is 9.47 Å². The summed E-state index contributed by atoms with van der Waals surface area (Å²) in [5.41, 5.74) is 4.56. The van der Waals surface area contributed by atoms with Crippen LogP contribution in [0, 0.1) is 0 Å². The van der Waals surface area contributed by atoms with E-state index in [0.717, 1.165) is 34.0 Å². The van der Waals surface area contributed by atoms with E-state index in [1.165, 1.54) is 0 Å². The first kappa shape index (κ1) is 18.9. The Kier molecular flexibility index (Phi) is 4.88. The molecule has 0 spiro atoms. The quantitative estimate of drug-likeness (QED) is 0.489. The number of fused-ring (bicyclic) bond motifs is 1. The summed E-state index contributed by atoms with van der Waals surface area (Å²) in [5, 5.41) is 3.28. The van der Waals surface area contributed by atoms with Gasteiger partial charge in [0, 0.05) is 11.3 Å². The molecule has 1 aliphatic heterocycles. The standard InChI is InChI=1S/C25H21N3O3/c1-17(26-15-18-12-13-21-22(14-18)31-16-30-21)23-24(19-8-4-2-5-9-19)27-28(25(23)29)20-10-6-3-7-11-20/h2-14,27H,15-16H2,1H3. The third-order valence-corrected chi connectivity index (χ3v) is 5.27. The van der Waals surface area contributed by atoms with Gasteiger partial charge in [0.2, 0.25) is 6.79 Å². The highest BCUT2D eigenvalue weighted by Gasteiger charge is 2.19. The number of rotatable bonds is 5. The number of aliphatic imine (C=N–C) groups is 1. The van der Waals surface area contributed by atoms with Crippen LogP contribution in [0.1, 0.15) is 18.1 Å². The van der Waals surface area contributed by atoms with Gasteiger partial charge in [0.25, 0.3) is 5.56 Å². The highest BCUT2D eigenvalue weighted by atomic mass is 16.7. The summed E-state index contributed by atoms with van der Waals surface area (Å²) in [6, 6.07) is 25.1. The van der Waals surface area contributed by atoms with E-state index < -0.39 is 0 Å². The molecule has 0 saturated heterocycles. The van der Waals surface area contributed by atoms with Gasteiger partial charge in [-0.05, 0) is 36.8 Å². The number of nitrogens with zero attached hydrogens (tertiary/aromatic N) is 2. The third-order valence-electron chi connectivity index (χ3n) is 5.27. The molecule has 0 fully saturated rings. The minimum absolute atomic E-state index is 0.128. The Bertz CT molecular complexity index is 1310. The zero-order valence-electron chi connectivity index (χ0n) is 17.0. The second kappa shape index (κ2) is 7.99. The summed E-state index contributed by atoms with van der Waals surface area (Å²) < 4.78 is 12.4. The highest BCUT2D eigenvalue weighted by molar-refractivity contribution is 6.03. The van der Waals surface area contributed by atoms with E-state index in [0.29, 0.717) is 17.8 Å². The first-order chi connectivity index (χ1) is 15.2. The molecule has 0 radical (unpaired) electrons. The lowest BCUT2D eigenvalue weighted by Crippen LogP contribution is -2.19. The monoisotopic (exact) mass is 411 g/mol. The number of H-pyrrole nitrogens is 1. The first-order valence-electron chi connectivity index (χ1n) is 10.1. The van der Waals surface area contributed by atoms with Gasteiger partial charge in [-0.1, -0.05) is 54.6 Å². The molecule has 0 saturated carbocycles. The van der Waals surface area contributed by atoms with Crippen LogP contribution in [0.3, 0.4) is 0 Å². The van der Waals surface area contributed by atoms with Gasteiger partial charge in [-0.2, -0.15) is 0 Å². The van der Waals surface area contributed by atoms with Crippen LogP contribution in [-0.4, -0.2) is 22.3 Å². The van der Waals surface area contributed by atoms with Gasteiger partial charge in [-0.15, -0.1) is 0 Å². The lowest BCUT2D eigenvalue weighted by molar-refractivity contribution is 0.174. The smallest absolute Gasteiger partial charge is 0.280 e. The summed E-state index contributed by atoms with van der Waals surface area (Å²) in [4.78, 5) is 18.1. The normalized spacial score (nSPS) is 12.9. The molecule has 5 rings (SSSR count). The van der Waals surface area contributed by atoms with Crippen LogP contribution in [0.25, 0.3) is 16.9 Å². The third kappa shape index (κ3) is 3.64. The Morgan fingerprint density at radius 1 is 0.968 bits per heavy atom. The fourth-order valence-corrected chi connectivity index (χ4v) is 3.67. The molecule has 0 atom stereocenters. The SMILES string of the molecule is CC(=NCc1ccc2c(c1)OCO2)c1c(-c2ccccc2)[nH]n(-c2ccccc2)c1=O. The van der Waals surface area contributed by atoms with Gasteiger partial charge in [-0.3, -0.25) is 14.9 Å². The van der Waals surface area contributed by atoms with Crippen molar-refractivity contribution in [1.82, 2.24) is 9.78 Å².